The lowest BCUT2D eigenvalue weighted by molar-refractivity contribution is -0.0177. The number of carboxylic acid groups (broad SMARTS) is 2. The Labute approximate surface area is 186 Å². The zero-order valence-corrected chi connectivity index (χ0v) is 19.2. The second-order valence-electron chi connectivity index (χ2n) is 7.05. The van der Waals surface area contributed by atoms with E-state index in [9.17, 15) is 9.59 Å². The van der Waals surface area contributed by atoms with E-state index in [1.807, 2.05) is 0 Å². The van der Waals surface area contributed by atoms with E-state index in [2.05, 4.69) is 10.6 Å². The van der Waals surface area contributed by atoms with Crippen LogP contribution in [-0.4, -0.2) is 84.2 Å². The molecule has 2 atom stereocenters. The number of nitrogens with one attached hydrogen (secondary N) is 2. The van der Waals surface area contributed by atoms with Gasteiger partial charge in [-0.05, 0) is 52.6 Å². The van der Waals surface area contributed by atoms with E-state index in [1.54, 1.807) is 13.8 Å². The van der Waals surface area contributed by atoms with Crippen molar-refractivity contribution in [2.24, 2.45) is 11.5 Å². The monoisotopic (exact) mass is 454 g/mol. The molecule has 11 nitrogen and oxygen atoms in total. The molecule has 2 amide bonds. The Morgan fingerprint density at radius 3 is 1.48 bits per heavy atom. The van der Waals surface area contributed by atoms with Gasteiger partial charge in [-0.1, -0.05) is 25.7 Å². The molecule has 0 rings (SSSR count). The number of aliphatic hydroxyl groups excluding tert-OH is 2. The van der Waals surface area contributed by atoms with E-state index < -0.39 is 18.3 Å². The summed E-state index contributed by atoms with van der Waals surface area (Å²) in [4.78, 5) is 19.9. The highest BCUT2D eigenvalue weighted by molar-refractivity contribution is 5.64. The van der Waals surface area contributed by atoms with E-state index in [-0.39, 0.29) is 12.7 Å². The first-order valence-corrected chi connectivity index (χ1v) is 10.9. The summed E-state index contributed by atoms with van der Waals surface area (Å²) < 4.78 is 4.95. The summed E-state index contributed by atoms with van der Waals surface area (Å²) >= 11 is 0. The lowest BCUT2D eigenvalue weighted by Gasteiger charge is -2.10. The van der Waals surface area contributed by atoms with Gasteiger partial charge in [-0.15, -0.1) is 0 Å². The number of amides is 2. The van der Waals surface area contributed by atoms with Gasteiger partial charge in [0.05, 0.1) is 25.4 Å². The second-order valence-corrected chi connectivity index (χ2v) is 7.05. The Kier molecular flexibility index (Phi) is 31.1. The molecule has 0 spiro atoms. The van der Waals surface area contributed by atoms with Gasteiger partial charge in [-0.2, -0.15) is 0 Å². The summed E-state index contributed by atoms with van der Waals surface area (Å²) in [5.41, 5.74) is 10.6. The first-order valence-electron chi connectivity index (χ1n) is 10.9. The van der Waals surface area contributed by atoms with Crippen LogP contribution in [0.25, 0.3) is 0 Å². The number of ether oxygens (including phenoxy) is 1. The van der Waals surface area contributed by atoms with E-state index in [1.165, 1.54) is 0 Å². The minimum Gasteiger partial charge on any atom is -0.465 e. The van der Waals surface area contributed by atoms with Crippen LogP contribution in [0.15, 0.2) is 0 Å². The minimum atomic E-state index is -0.941. The average molecular weight is 455 g/mol. The standard InChI is InChI=1S/2C7H16N2O2.C6H14O3/c2*8-5-3-1-2-4-6-9-7(10)11;1-5(8)4-9-6(2)3-7/h2*9H,1-6,8H2,(H,10,11);5-8H,3-4H2,1-2H3. The SMILES string of the molecule is CC(O)COC(C)CO.NCCCCCCNC(=O)O.NCCCCCCNC(=O)O. The highest BCUT2D eigenvalue weighted by Gasteiger charge is 2.00. The molecule has 0 aliphatic carbocycles. The Morgan fingerprint density at radius 1 is 0.806 bits per heavy atom. The number of aliphatic hydroxyl groups is 2. The Hall–Kier alpha value is -1.66. The van der Waals surface area contributed by atoms with Crippen molar-refractivity contribution in [3.8, 4) is 0 Å². The number of carbonyl (C=O) groups is 2. The van der Waals surface area contributed by atoms with Crippen molar-refractivity contribution in [3.05, 3.63) is 0 Å². The lowest BCUT2D eigenvalue weighted by Crippen LogP contribution is -2.21. The molecule has 11 heteroatoms. The van der Waals surface area contributed by atoms with Crippen LogP contribution in [0.4, 0.5) is 9.59 Å². The third kappa shape index (κ3) is 43.2. The van der Waals surface area contributed by atoms with E-state index in [0.717, 1.165) is 64.5 Å². The zero-order chi connectivity index (χ0) is 24.3. The number of unbranched alkanes of at least 4 members (excludes halogenated alkanes) is 6. The highest BCUT2D eigenvalue weighted by atomic mass is 16.5. The molecule has 0 fully saturated rings. The fourth-order valence-corrected chi connectivity index (χ4v) is 1.99. The van der Waals surface area contributed by atoms with Crippen molar-refractivity contribution in [2.75, 3.05) is 39.4 Å². The fraction of sp³-hybridized carbons (Fsp3) is 0.900. The first kappa shape index (κ1) is 34.0. The van der Waals surface area contributed by atoms with Crippen molar-refractivity contribution >= 4 is 12.2 Å². The molecule has 2 unspecified atom stereocenters. The van der Waals surface area contributed by atoms with Crippen LogP contribution in [0.2, 0.25) is 0 Å². The van der Waals surface area contributed by atoms with Gasteiger partial charge in [0.25, 0.3) is 0 Å². The minimum absolute atomic E-state index is 0.00667. The van der Waals surface area contributed by atoms with Crippen LogP contribution in [0, 0.1) is 0 Å². The molecule has 0 aliphatic heterocycles. The van der Waals surface area contributed by atoms with Crippen molar-refractivity contribution < 1.29 is 34.8 Å². The largest absolute Gasteiger partial charge is 0.465 e. The normalized spacial score (nSPS) is 11.8. The predicted octanol–water partition coefficient (Wildman–Crippen LogP) is 1.31. The average Bonchev–Trinajstić information content (AvgIpc) is 2.72. The summed E-state index contributed by atoms with van der Waals surface area (Å²) in [6, 6.07) is 0. The molecule has 10 N–H and O–H groups in total. The summed E-state index contributed by atoms with van der Waals surface area (Å²) in [7, 11) is 0. The maximum atomic E-state index is 9.96. The maximum Gasteiger partial charge on any atom is 0.404 e. The van der Waals surface area contributed by atoms with Crippen molar-refractivity contribution in [2.45, 2.75) is 77.4 Å². The van der Waals surface area contributed by atoms with Gasteiger partial charge < -0.3 is 47.3 Å². The number of hydrogen-bond donors (Lipinski definition) is 8. The van der Waals surface area contributed by atoms with Gasteiger partial charge in [-0.3, -0.25) is 0 Å². The van der Waals surface area contributed by atoms with Crippen molar-refractivity contribution in [1.29, 1.82) is 0 Å². The Morgan fingerprint density at radius 2 is 1.19 bits per heavy atom. The third-order valence-corrected chi connectivity index (χ3v) is 3.69. The van der Waals surface area contributed by atoms with Gasteiger partial charge in [0.1, 0.15) is 0 Å². The van der Waals surface area contributed by atoms with Crippen molar-refractivity contribution in [1.82, 2.24) is 10.6 Å². The quantitative estimate of drug-likeness (QED) is 0.158. The van der Waals surface area contributed by atoms with Gasteiger partial charge in [0.15, 0.2) is 0 Å². The summed E-state index contributed by atoms with van der Waals surface area (Å²) in [5.74, 6) is 0. The Bertz CT molecular complexity index is 363. The van der Waals surface area contributed by atoms with Gasteiger partial charge in [-0.25, -0.2) is 9.59 Å². The number of nitrogens with two attached hydrogens (primary N) is 2. The molecule has 0 bridgehead atoms. The first-order chi connectivity index (χ1) is 14.7. The van der Waals surface area contributed by atoms with Gasteiger partial charge >= 0.3 is 12.2 Å². The topological polar surface area (TPSA) is 200 Å². The smallest absolute Gasteiger partial charge is 0.404 e. The van der Waals surface area contributed by atoms with Crippen LogP contribution < -0.4 is 22.1 Å². The molecular formula is C20H46N4O7. The van der Waals surface area contributed by atoms with E-state index in [4.69, 9.17) is 36.6 Å². The zero-order valence-electron chi connectivity index (χ0n) is 19.2. The van der Waals surface area contributed by atoms with Crippen LogP contribution in [-0.2, 0) is 4.74 Å². The summed E-state index contributed by atoms with van der Waals surface area (Å²) in [6.07, 6.45) is 5.69. The molecule has 0 aromatic carbocycles. The fourth-order valence-electron chi connectivity index (χ4n) is 1.99. The third-order valence-electron chi connectivity index (χ3n) is 3.69. The molecule has 31 heavy (non-hydrogen) atoms. The van der Waals surface area contributed by atoms with Crippen molar-refractivity contribution in [3.63, 3.8) is 0 Å². The lowest BCUT2D eigenvalue weighted by atomic mass is 10.2. The molecule has 0 aromatic rings. The number of hydrogen-bond acceptors (Lipinski definition) is 7. The molecule has 0 aliphatic rings. The number of rotatable bonds is 16. The molecule has 0 saturated heterocycles. The second kappa shape index (κ2) is 28.3. The van der Waals surface area contributed by atoms with Crippen LogP contribution >= 0.6 is 0 Å². The van der Waals surface area contributed by atoms with Gasteiger partial charge in [0, 0.05) is 13.1 Å². The van der Waals surface area contributed by atoms with Gasteiger partial charge in [0.2, 0.25) is 0 Å². The molecule has 0 aromatic heterocycles. The maximum absolute atomic E-state index is 9.96. The molecule has 0 radical (unpaired) electrons. The molecular weight excluding hydrogens is 408 g/mol. The summed E-state index contributed by atoms with van der Waals surface area (Å²) in [6.45, 7) is 6.26. The van der Waals surface area contributed by atoms with Crippen LogP contribution in [0.3, 0.4) is 0 Å². The highest BCUT2D eigenvalue weighted by Crippen LogP contribution is 1.97. The Balaban J connectivity index is -0.000000382. The van der Waals surface area contributed by atoms with E-state index in [0.29, 0.717) is 19.7 Å². The van der Waals surface area contributed by atoms with E-state index >= 15 is 0 Å². The molecule has 188 valence electrons. The predicted molar refractivity (Wildman–Crippen MR) is 121 cm³/mol. The van der Waals surface area contributed by atoms with Crippen LogP contribution in [0.5, 0.6) is 0 Å². The molecule has 0 heterocycles. The molecule has 0 saturated carbocycles. The summed E-state index contributed by atoms with van der Waals surface area (Å²) in [5, 5.41) is 38.1. The van der Waals surface area contributed by atoms with Crippen LogP contribution in [0.1, 0.15) is 65.2 Å².